The van der Waals surface area contributed by atoms with E-state index in [0.717, 1.165) is 38.9 Å². The van der Waals surface area contributed by atoms with E-state index in [1.807, 2.05) is 13.0 Å². The molecule has 2 aromatic rings. The Hall–Kier alpha value is -2.80. The van der Waals surface area contributed by atoms with E-state index in [2.05, 4.69) is 44.5 Å². The van der Waals surface area contributed by atoms with E-state index >= 15 is 0 Å². The van der Waals surface area contributed by atoms with Gasteiger partial charge in [-0.25, -0.2) is 4.98 Å². The molecule has 7 nitrogen and oxygen atoms in total. The normalized spacial score (nSPS) is 15.0. The molecule has 0 spiro atoms. The number of nitrogens with zero attached hydrogens (tertiary/aromatic N) is 4. The number of hydrogen-bond acceptors (Lipinski definition) is 5. The Kier molecular flexibility index (Phi) is 8.32. The fourth-order valence-electron chi connectivity index (χ4n) is 3.77. The quantitative estimate of drug-likeness (QED) is 0.688. The number of piperidine rings is 1. The Balaban J connectivity index is 1.41. The predicted molar refractivity (Wildman–Crippen MR) is 116 cm³/mol. The summed E-state index contributed by atoms with van der Waals surface area (Å²) in [6, 6.07) is 10.7. The summed E-state index contributed by atoms with van der Waals surface area (Å²) in [5.41, 5.74) is 1.64. The van der Waals surface area contributed by atoms with Gasteiger partial charge in [0.1, 0.15) is 5.69 Å². The molecule has 1 saturated heterocycles. The standard InChI is InChI=1S/C23H31N5O2/c1-2-13-28(23(30)21-17-24-11-12-25-21)16-10-22(29)26-20-8-14-27(15-9-20)18-19-6-4-3-5-7-19/h3-7,11-12,17,20H,2,8-10,13-16,18H2,1H3,(H,26,29). The third-order valence-electron chi connectivity index (χ3n) is 5.37. The third-order valence-corrected chi connectivity index (χ3v) is 5.37. The summed E-state index contributed by atoms with van der Waals surface area (Å²) in [5, 5.41) is 3.15. The molecule has 2 heterocycles. The number of amides is 2. The second-order valence-electron chi connectivity index (χ2n) is 7.74. The Labute approximate surface area is 178 Å². The average Bonchev–Trinajstić information content (AvgIpc) is 2.79. The zero-order chi connectivity index (χ0) is 21.2. The van der Waals surface area contributed by atoms with Crippen LogP contribution in [-0.2, 0) is 11.3 Å². The second kappa shape index (κ2) is 11.4. The highest BCUT2D eigenvalue weighted by Gasteiger charge is 2.22. The number of nitrogens with one attached hydrogen (secondary N) is 1. The molecule has 0 radical (unpaired) electrons. The fraction of sp³-hybridized carbons (Fsp3) is 0.478. The minimum Gasteiger partial charge on any atom is -0.353 e. The first-order chi connectivity index (χ1) is 14.7. The van der Waals surface area contributed by atoms with Gasteiger partial charge in [0.2, 0.25) is 5.91 Å². The molecular weight excluding hydrogens is 378 g/mol. The van der Waals surface area contributed by atoms with Crippen molar-refractivity contribution in [1.82, 2.24) is 25.1 Å². The van der Waals surface area contributed by atoms with E-state index in [-0.39, 0.29) is 17.9 Å². The molecule has 7 heteroatoms. The lowest BCUT2D eigenvalue weighted by Gasteiger charge is -2.32. The van der Waals surface area contributed by atoms with Gasteiger partial charge in [0.15, 0.2) is 0 Å². The maximum atomic E-state index is 12.6. The summed E-state index contributed by atoms with van der Waals surface area (Å²) in [5.74, 6) is -0.170. The zero-order valence-electron chi connectivity index (χ0n) is 17.7. The van der Waals surface area contributed by atoms with Crippen molar-refractivity contribution in [3.8, 4) is 0 Å². The van der Waals surface area contributed by atoms with Crippen LogP contribution in [-0.4, -0.2) is 63.8 Å². The van der Waals surface area contributed by atoms with Crippen LogP contribution in [0.1, 0.15) is 48.7 Å². The van der Waals surface area contributed by atoms with Gasteiger partial charge >= 0.3 is 0 Å². The molecular formula is C23H31N5O2. The molecule has 1 aromatic carbocycles. The number of hydrogen-bond donors (Lipinski definition) is 1. The zero-order valence-corrected chi connectivity index (χ0v) is 17.7. The Bertz CT molecular complexity index is 792. The first kappa shape index (κ1) is 21.9. The van der Waals surface area contributed by atoms with Crippen molar-refractivity contribution < 1.29 is 9.59 Å². The number of aromatic nitrogens is 2. The van der Waals surface area contributed by atoms with Crippen LogP contribution in [0.3, 0.4) is 0 Å². The van der Waals surface area contributed by atoms with Crippen molar-refractivity contribution in [2.24, 2.45) is 0 Å². The lowest BCUT2D eigenvalue weighted by Crippen LogP contribution is -2.45. The molecule has 0 aliphatic carbocycles. The molecule has 0 unspecified atom stereocenters. The highest BCUT2D eigenvalue weighted by Crippen LogP contribution is 2.14. The van der Waals surface area contributed by atoms with Gasteiger partial charge in [-0.1, -0.05) is 37.3 Å². The van der Waals surface area contributed by atoms with Gasteiger partial charge in [-0.15, -0.1) is 0 Å². The number of likely N-dealkylation sites (tertiary alicyclic amines) is 1. The van der Waals surface area contributed by atoms with E-state index in [1.54, 1.807) is 11.1 Å². The van der Waals surface area contributed by atoms with E-state index in [0.29, 0.717) is 25.2 Å². The van der Waals surface area contributed by atoms with E-state index < -0.39 is 0 Å². The van der Waals surface area contributed by atoms with Crippen LogP contribution in [0.15, 0.2) is 48.9 Å². The van der Waals surface area contributed by atoms with Crippen molar-refractivity contribution in [1.29, 1.82) is 0 Å². The minimum absolute atomic E-state index is 0.00422. The van der Waals surface area contributed by atoms with Crippen molar-refractivity contribution in [2.45, 2.75) is 45.2 Å². The maximum absolute atomic E-state index is 12.6. The van der Waals surface area contributed by atoms with Crippen LogP contribution >= 0.6 is 0 Å². The number of carbonyl (C=O) groups excluding carboxylic acids is 2. The van der Waals surface area contributed by atoms with E-state index in [1.165, 1.54) is 18.0 Å². The van der Waals surface area contributed by atoms with Crippen LogP contribution in [0.5, 0.6) is 0 Å². The van der Waals surface area contributed by atoms with Gasteiger partial charge in [0.25, 0.3) is 5.91 Å². The summed E-state index contributed by atoms with van der Waals surface area (Å²) in [6.45, 7) is 5.92. The van der Waals surface area contributed by atoms with Crippen LogP contribution in [0.25, 0.3) is 0 Å². The van der Waals surface area contributed by atoms with Gasteiger partial charge in [-0.2, -0.15) is 0 Å². The summed E-state index contributed by atoms with van der Waals surface area (Å²) < 4.78 is 0. The van der Waals surface area contributed by atoms with E-state index in [4.69, 9.17) is 0 Å². The van der Waals surface area contributed by atoms with Crippen molar-refractivity contribution in [2.75, 3.05) is 26.2 Å². The van der Waals surface area contributed by atoms with Crippen LogP contribution in [0.4, 0.5) is 0 Å². The van der Waals surface area contributed by atoms with Crippen molar-refractivity contribution >= 4 is 11.8 Å². The topological polar surface area (TPSA) is 78.4 Å². The van der Waals surface area contributed by atoms with Gasteiger partial charge in [-0.3, -0.25) is 19.5 Å². The van der Waals surface area contributed by atoms with E-state index in [9.17, 15) is 9.59 Å². The third kappa shape index (κ3) is 6.62. The van der Waals surface area contributed by atoms with Crippen LogP contribution in [0, 0.1) is 0 Å². The Morgan fingerprint density at radius 3 is 2.57 bits per heavy atom. The molecule has 1 aliphatic heterocycles. The molecule has 0 bridgehead atoms. The predicted octanol–water partition coefficient (Wildman–Crippen LogP) is 2.50. The molecule has 1 N–H and O–H groups in total. The van der Waals surface area contributed by atoms with Gasteiger partial charge < -0.3 is 10.2 Å². The average molecular weight is 410 g/mol. The largest absolute Gasteiger partial charge is 0.353 e. The lowest BCUT2D eigenvalue weighted by atomic mass is 10.0. The highest BCUT2D eigenvalue weighted by atomic mass is 16.2. The highest BCUT2D eigenvalue weighted by molar-refractivity contribution is 5.92. The first-order valence-corrected chi connectivity index (χ1v) is 10.8. The molecule has 0 atom stereocenters. The monoisotopic (exact) mass is 409 g/mol. The molecule has 1 aromatic heterocycles. The molecule has 3 rings (SSSR count). The van der Waals surface area contributed by atoms with Gasteiger partial charge in [0.05, 0.1) is 6.20 Å². The lowest BCUT2D eigenvalue weighted by molar-refractivity contribution is -0.122. The molecule has 0 saturated carbocycles. The molecule has 1 fully saturated rings. The van der Waals surface area contributed by atoms with Crippen LogP contribution < -0.4 is 5.32 Å². The number of benzene rings is 1. The second-order valence-corrected chi connectivity index (χ2v) is 7.74. The van der Waals surface area contributed by atoms with Gasteiger partial charge in [-0.05, 0) is 24.8 Å². The van der Waals surface area contributed by atoms with Crippen molar-refractivity contribution in [3.63, 3.8) is 0 Å². The first-order valence-electron chi connectivity index (χ1n) is 10.8. The maximum Gasteiger partial charge on any atom is 0.274 e. The Morgan fingerprint density at radius 2 is 1.90 bits per heavy atom. The summed E-state index contributed by atoms with van der Waals surface area (Å²) in [7, 11) is 0. The SMILES string of the molecule is CCCN(CCC(=O)NC1CCN(Cc2ccccc2)CC1)C(=O)c1cnccn1. The van der Waals surface area contributed by atoms with Crippen LogP contribution in [0.2, 0.25) is 0 Å². The summed E-state index contributed by atoms with van der Waals surface area (Å²) in [6.07, 6.45) is 7.55. The summed E-state index contributed by atoms with van der Waals surface area (Å²) in [4.78, 5) is 37.2. The smallest absolute Gasteiger partial charge is 0.274 e. The van der Waals surface area contributed by atoms with Crippen molar-refractivity contribution in [3.05, 3.63) is 60.2 Å². The number of rotatable bonds is 9. The fourth-order valence-corrected chi connectivity index (χ4v) is 3.77. The minimum atomic E-state index is -0.174. The summed E-state index contributed by atoms with van der Waals surface area (Å²) >= 11 is 0. The molecule has 160 valence electrons. The number of carbonyl (C=O) groups is 2. The molecule has 2 amide bonds. The molecule has 1 aliphatic rings. The molecule has 30 heavy (non-hydrogen) atoms. The van der Waals surface area contributed by atoms with Gasteiger partial charge in [0, 0.05) is 57.6 Å². The Morgan fingerprint density at radius 1 is 1.13 bits per heavy atom.